The Bertz CT molecular complexity index is 1950. The molecule has 1 aliphatic rings. The van der Waals surface area contributed by atoms with Crippen LogP contribution in [0.3, 0.4) is 0 Å². The Morgan fingerprint density at radius 1 is 0.216 bits per heavy atom. The highest BCUT2D eigenvalue weighted by molar-refractivity contribution is 5.71. The zero-order chi connectivity index (χ0) is 84.5. The monoisotopic (exact) mass is 1640 g/mol. The second-order valence-corrected chi connectivity index (χ2v) is 35.9. The lowest BCUT2D eigenvalue weighted by molar-refractivity contribution is -0.151. The van der Waals surface area contributed by atoms with Crippen LogP contribution in [-0.4, -0.2) is 147 Å². The lowest BCUT2D eigenvalue weighted by Crippen LogP contribution is -2.44. The van der Waals surface area contributed by atoms with Gasteiger partial charge >= 0.3 is 35.8 Å². The van der Waals surface area contributed by atoms with Crippen molar-refractivity contribution in [2.24, 2.45) is 0 Å². The molecule has 0 aliphatic carbocycles. The lowest BCUT2D eigenvalue weighted by atomic mass is 10.0. The number of carbonyl (C=O) groups excluding carboxylic acids is 6. The number of likely N-dealkylation sites (N-methyl/N-ethyl adjacent to an activating group) is 1. The normalized spacial score (nSPS) is 14.3. The molecule has 4 unspecified atom stereocenters. The second kappa shape index (κ2) is 83.9. The molecule has 0 aromatic rings. The minimum atomic E-state index is -0.0793. The van der Waals surface area contributed by atoms with Crippen LogP contribution in [0.15, 0.2) is 0 Å². The SMILES string of the molecule is CCCCCCC(CCCC)OC(=O)CCCCCCCCC(CCCCCCCCC(=O)OC(CCCC)CCCCCC)OC(=O)CCCCN(CCCCC(=O)OC(CCCCCCCCC(=O)OC(CCCC)CCCCCC)CCCCCCCCC(=O)OC(CCCC)CCCCCC)CCCCN1CCN(C)CC1. The Hall–Kier alpha value is -3.30. The Labute approximate surface area is 717 Å². The van der Waals surface area contributed by atoms with Crippen molar-refractivity contribution in [1.82, 2.24) is 14.7 Å². The van der Waals surface area contributed by atoms with E-state index in [1.165, 1.54) is 77.0 Å². The molecule has 0 amide bonds. The summed E-state index contributed by atoms with van der Waals surface area (Å²) in [5.74, 6) is -0.257. The van der Waals surface area contributed by atoms with E-state index < -0.39 is 0 Å². The van der Waals surface area contributed by atoms with E-state index >= 15 is 0 Å². The smallest absolute Gasteiger partial charge is 0.306 e. The molecule has 1 saturated heterocycles. The third-order valence-corrected chi connectivity index (χ3v) is 24.5. The molecule has 0 N–H and O–H groups in total. The molecule has 0 aromatic carbocycles. The summed E-state index contributed by atoms with van der Waals surface area (Å²) in [6.07, 6.45) is 73.2. The minimum Gasteiger partial charge on any atom is -0.462 e. The highest BCUT2D eigenvalue weighted by atomic mass is 16.6. The number of hydrogen-bond donors (Lipinski definition) is 0. The highest BCUT2D eigenvalue weighted by Gasteiger charge is 2.22. The van der Waals surface area contributed by atoms with E-state index in [0.29, 0.717) is 38.5 Å². The molecule has 0 aromatic heterocycles. The zero-order valence-corrected chi connectivity index (χ0v) is 78.3. The number of rotatable bonds is 89. The van der Waals surface area contributed by atoms with E-state index in [0.717, 1.165) is 399 Å². The summed E-state index contributed by atoms with van der Waals surface area (Å²) >= 11 is 0. The molecule has 0 radical (unpaired) electrons. The summed E-state index contributed by atoms with van der Waals surface area (Å²) in [4.78, 5) is 86.8. The predicted octanol–water partition coefficient (Wildman–Crippen LogP) is 28.3. The van der Waals surface area contributed by atoms with Gasteiger partial charge in [0.2, 0.25) is 0 Å². The molecular weight excluding hydrogens is 1450 g/mol. The van der Waals surface area contributed by atoms with E-state index in [2.05, 4.69) is 77.1 Å². The van der Waals surface area contributed by atoms with Crippen LogP contribution in [0, 0.1) is 0 Å². The molecular formula is C101H193N3O12. The molecule has 1 heterocycles. The van der Waals surface area contributed by atoms with Gasteiger partial charge in [-0.3, -0.25) is 28.8 Å². The maximum absolute atomic E-state index is 13.8. The average molecular weight is 1640 g/mol. The standard InChI is InChI=1S/C101H193N3O12/c1-10-18-26-46-68-90(64-22-14-5)111-96(105)76-54-42-34-30-38-50-72-94(73-51-39-31-35-43-55-77-97(106)112-91(65-23-15-6)69-47-27-19-11-2)115-100(109)80-58-60-82-103(84-62-63-85-104-88-86-102(9)87-89-104)83-61-59-81-101(110)116-95(74-52-40-32-36-44-56-78-98(107)113-92(66-24-16-7)70-48-28-20-12-3)75-53-41-33-37-45-57-79-99(108)114-93(67-25-17-8)71-49-29-21-13-4/h90-95H,10-89H2,1-9H3. The number of carbonyl (C=O) groups is 6. The Morgan fingerprint density at radius 2 is 0.388 bits per heavy atom. The molecule has 15 nitrogen and oxygen atoms in total. The van der Waals surface area contributed by atoms with Gasteiger partial charge in [-0.05, 0) is 226 Å². The molecule has 4 atom stereocenters. The van der Waals surface area contributed by atoms with Crippen molar-refractivity contribution in [3.63, 3.8) is 0 Å². The predicted molar refractivity (Wildman–Crippen MR) is 487 cm³/mol. The summed E-state index contributed by atoms with van der Waals surface area (Å²) in [5.41, 5.74) is 0. The topological polar surface area (TPSA) is 168 Å². The first kappa shape index (κ1) is 111. The largest absolute Gasteiger partial charge is 0.462 e. The summed E-state index contributed by atoms with van der Waals surface area (Å²) < 4.78 is 36.8. The fourth-order valence-corrected chi connectivity index (χ4v) is 16.6. The number of unbranched alkanes of at least 4 members (excludes halogenated alkanes) is 39. The van der Waals surface area contributed by atoms with Crippen LogP contribution < -0.4 is 0 Å². The van der Waals surface area contributed by atoms with Gasteiger partial charge in [0.15, 0.2) is 0 Å². The average Bonchev–Trinajstić information content (AvgIpc) is 0.932. The highest BCUT2D eigenvalue weighted by Crippen LogP contribution is 2.26. The first-order valence-corrected chi connectivity index (χ1v) is 51.0. The van der Waals surface area contributed by atoms with Crippen molar-refractivity contribution in [2.45, 2.75) is 554 Å². The number of piperazine rings is 1. The maximum atomic E-state index is 13.8. The van der Waals surface area contributed by atoms with Gasteiger partial charge in [0, 0.05) is 64.7 Å². The third kappa shape index (κ3) is 72.3. The molecule has 1 fully saturated rings. The van der Waals surface area contributed by atoms with Crippen molar-refractivity contribution in [2.75, 3.05) is 59.4 Å². The van der Waals surface area contributed by atoms with E-state index in [9.17, 15) is 28.8 Å². The fraction of sp³-hybridized carbons (Fsp3) is 0.941. The van der Waals surface area contributed by atoms with Gasteiger partial charge in [0.25, 0.3) is 0 Å². The Morgan fingerprint density at radius 3 is 0.603 bits per heavy atom. The molecule has 0 bridgehead atoms. The first-order chi connectivity index (χ1) is 56.7. The van der Waals surface area contributed by atoms with E-state index in [-0.39, 0.29) is 72.4 Å². The van der Waals surface area contributed by atoms with Crippen molar-refractivity contribution in [3.05, 3.63) is 0 Å². The van der Waals surface area contributed by atoms with Crippen LogP contribution in [0.1, 0.15) is 518 Å². The summed E-state index contributed by atoms with van der Waals surface area (Å²) in [6.45, 7) is 26.3. The second-order valence-electron chi connectivity index (χ2n) is 35.9. The number of nitrogens with zero attached hydrogens (tertiary/aromatic N) is 3. The van der Waals surface area contributed by atoms with Gasteiger partial charge in [-0.1, -0.05) is 287 Å². The zero-order valence-electron chi connectivity index (χ0n) is 78.3. The number of ether oxygens (including phenoxy) is 6. The van der Waals surface area contributed by atoms with E-state index in [4.69, 9.17) is 28.4 Å². The Balaban J connectivity index is 2.98. The van der Waals surface area contributed by atoms with Gasteiger partial charge < -0.3 is 43.1 Å². The quantitative estimate of drug-likeness (QED) is 0.0320. The van der Waals surface area contributed by atoms with Crippen LogP contribution in [0.2, 0.25) is 0 Å². The molecule has 684 valence electrons. The Kier molecular flexibility index (Phi) is 80.1. The molecule has 0 spiro atoms. The van der Waals surface area contributed by atoms with Gasteiger partial charge in [-0.15, -0.1) is 0 Å². The van der Waals surface area contributed by atoms with Gasteiger partial charge in [0.1, 0.15) is 36.6 Å². The van der Waals surface area contributed by atoms with Crippen LogP contribution in [0.4, 0.5) is 0 Å². The van der Waals surface area contributed by atoms with Gasteiger partial charge in [0.05, 0.1) is 0 Å². The molecule has 1 rings (SSSR count). The molecule has 15 heteroatoms. The fourth-order valence-electron chi connectivity index (χ4n) is 16.6. The molecule has 1 aliphatic heterocycles. The summed E-state index contributed by atoms with van der Waals surface area (Å²) in [7, 11) is 2.22. The first-order valence-electron chi connectivity index (χ1n) is 51.0. The molecule has 116 heavy (non-hydrogen) atoms. The van der Waals surface area contributed by atoms with Crippen LogP contribution >= 0.6 is 0 Å². The number of hydrogen-bond acceptors (Lipinski definition) is 15. The van der Waals surface area contributed by atoms with Crippen LogP contribution in [-0.2, 0) is 57.2 Å². The summed E-state index contributed by atoms with van der Waals surface area (Å²) in [5, 5.41) is 0. The van der Waals surface area contributed by atoms with Crippen molar-refractivity contribution in [3.8, 4) is 0 Å². The lowest BCUT2D eigenvalue weighted by Gasteiger charge is -2.32. The van der Waals surface area contributed by atoms with Crippen LogP contribution in [0.25, 0.3) is 0 Å². The molecule has 0 saturated carbocycles. The van der Waals surface area contributed by atoms with Crippen molar-refractivity contribution in [1.29, 1.82) is 0 Å². The number of esters is 6. The summed E-state index contributed by atoms with van der Waals surface area (Å²) in [6, 6.07) is 0. The van der Waals surface area contributed by atoms with Crippen molar-refractivity contribution < 1.29 is 57.2 Å². The minimum absolute atomic E-state index is 0.0271. The van der Waals surface area contributed by atoms with E-state index in [1.54, 1.807) is 0 Å². The maximum Gasteiger partial charge on any atom is 0.306 e. The van der Waals surface area contributed by atoms with Gasteiger partial charge in [-0.2, -0.15) is 0 Å². The van der Waals surface area contributed by atoms with Crippen molar-refractivity contribution >= 4 is 35.8 Å². The van der Waals surface area contributed by atoms with Gasteiger partial charge in [-0.25, -0.2) is 0 Å². The van der Waals surface area contributed by atoms with Crippen LogP contribution in [0.5, 0.6) is 0 Å². The third-order valence-electron chi connectivity index (χ3n) is 24.5. The van der Waals surface area contributed by atoms with E-state index in [1.807, 2.05) is 0 Å².